The molecule has 1 aromatic carbocycles. The summed E-state index contributed by atoms with van der Waals surface area (Å²) in [5, 5.41) is 2.79. The number of imidazole rings is 1. The van der Waals surface area contributed by atoms with Gasteiger partial charge >= 0.3 is 13.2 Å². The molecule has 1 unspecified atom stereocenters. The minimum absolute atomic E-state index is 0.0964. The number of hydrogen-bond donors (Lipinski definition) is 2. The van der Waals surface area contributed by atoms with Crippen LogP contribution in [0.4, 0.5) is 4.79 Å². The van der Waals surface area contributed by atoms with Gasteiger partial charge < -0.3 is 29.2 Å². The van der Waals surface area contributed by atoms with E-state index in [1.807, 2.05) is 70.7 Å². The number of ether oxygens (including phenoxy) is 1. The summed E-state index contributed by atoms with van der Waals surface area (Å²) in [6, 6.07) is 7.20. The Bertz CT molecular complexity index is 1170. The summed E-state index contributed by atoms with van der Waals surface area (Å²) in [6.07, 6.45) is 2.89. The zero-order valence-corrected chi connectivity index (χ0v) is 24.8. The number of nitrogens with zero attached hydrogens (tertiary/aromatic N) is 2. The van der Waals surface area contributed by atoms with Crippen LogP contribution in [0.1, 0.15) is 87.0 Å². The van der Waals surface area contributed by atoms with Gasteiger partial charge in [-0.1, -0.05) is 38.1 Å². The topological polar surface area (TPSA) is 106 Å². The Morgan fingerprint density at radius 2 is 1.74 bits per heavy atom. The van der Waals surface area contributed by atoms with Gasteiger partial charge in [0.1, 0.15) is 17.5 Å². The molecule has 9 nitrogen and oxygen atoms in total. The number of likely N-dealkylation sites (tertiary alicyclic amines) is 1. The second-order valence-electron chi connectivity index (χ2n) is 12.9. The third-order valence-corrected chi connectivity index (χ3v) is 7.80. The lowest BCUT2D eigenvalue weighted by molar-refractivity contribution is -0.135. The van der Waals surface area contributed by atoms with Gasteiger partial charge in [0.2, 0.25) is 5.91 Å². The zero-order valence-electron chi connectivity index (χ0n) is 24.8. The molecule has 0 bridgehead atoms. The molecule has 2 N–H and O–H groups in total. The molecule has 2 fully saturated rings. The predicted octanol–water partition coefficient (Wildman–Crippen LogP) is 4.59. The van der Waals surface area contributed by atoms with Crippen LogP contribution >= 0.6 is 0 Å². The smallest absolute Gasteiger partial charge is 0.444 e. The number of alkyl carbamates (subject to hydrolysis) is 1. The number of aromatic amines is 1. The lowest BCUT2D eigenvalue weighted by Gasteiger charge is -2.32. The fourth-order valence-electron chi connectivity index (χ4n) is 4.89. The third-order valence-electron chi connectivity index (χ3n) is 7.80. The highest BCUT2D eigenvalue weighted by atomic mass is 16.7. The number of carbonyl (C=O) groups is 2. The van der Waals surface area contributed by atoms with Gasteiger partial charge in [-0.2, -0.15) is 0 Å². The van der Waals surface area contributed by atoms with Crippen LogP contribution in [0.25, 0.3) is 11.3 Å². The van der Waals surface area contributed by atoms with Crippen LogP contribution in [-0.4, -0.2) is 63.4 Å². The molecule has 0 spiro atoms. The molecule has 3 heterocycles. The largest absolute Gasteiger partial charge is 0.494 e. The highest BCUT2D eigenvalue weighted by Crippen LogP contribution is 2.37. The van der Waals surface area contributed by atoms with Crippen molar-refractivity contribution >= 4 is 24.6 Å². The highest BCUT2D eigenvalue weighted by Gasteiger charge is 2.51. The van der Waals surface area contributed by atoms with Gasteiger partial charge in [-0.25, -0.2) is 9.78 Å². The molecule has 1 aromatic heterocycles. The Hall–Kier alpha value is -2.85. The van der Waals surface area contributed by atoms with E-state index in [1.54, 1.807) is 27.0 Å². The van der Waals surface area contributed by atoms with Gasteiger partial charge in [-0.15, -0.1) is 0 Å². The predicted molar refractivity (Wildman–Crippen MR) is 151 cm³/mol. The van der Waals surface area contributed by atoms with Gasteiger partial charge in [-0.05, 0) is 78.3 Å². The summed E-state index contributed by atoms with van der Waals surface area (Å²) in [5.74, 6) is 0.523. The van der Waals surface area contributed by atoms with E-state index in [4.69, 9.17) is 14.0 Å². The molecule has 4 rings (SSSR count). The number of hydrogen-bond acceptors (Lipinski definition) is 6. The van der Waals surface area contributed by atoms with Crippen LogP contribution in [0.5, 0.6) is 0 Å². The van der Waals surface area contributed by atoms with Gasteiger partial charge in [0, 0.05) is 6.54 Å². The first-order valence-electron chi connectivity index (χ1n) is 13.9. The molecule has 2 aromatic rings. The molecule has 0 radical (unpaired) electrons. The highest BCUT2D eigenvalue weighted by molar-refractivity contribution is 6.62. The minimum Gasteiger partial charge on any atom is -0.444 e. The van der Waals surface area contributed by atoms with E-state index < -0.39 is 36.1 Å². The second-order valence-corrected chi connectivity index (χ2v) is 12.9. The average molecular weight is 538 g/mol. The van der Waals surface area contributed by atoms with E-state index in [0.29, 0.717) is 6.54 Å². The van der Waals surface area contributed by atoms with E-state index in [2.05, 4.69) is 15.3 Å². The summed E-state index contributed by atoms with van der Waals surface area (Å²) in [5.41, 5.74) is 1.39. The van der Waals surface area contributed by atoms with Crippen LogP contribution in [0.2, 0.25) is 0 Å². The fourth-order valence-corrected chi connectivity index (χ4v) is 4.89. The first-order valence-corrected chi connectivity index (χ1v) is 13.9. The van der Waals surface area contributed by atoms with E-state index in [0.717, 1.165) is 35.4 Å². The van der Waals surface area contributed by atoms with Crippen molar-refractivity contribution in [2.75, 3.05) is 6.54 Å². The Morgan fingerprint density at radius 3 is 2.31 bits per heavy atom. The fraction of sp³-hybridized carbons (Fsp3) is 0.621. The number of nitrogens with one attached hydrogen (secondary N) is 2. The lowest BCUT2D eigenvalue weighted by atomic mass is 9.79. The second kappa shape index (κ2) is 10.6. The Kier molecular flexibility index (Phi) is 7.93. The van der Waals surface area contributed by atoms with Crippen molar-refractivity contribution in [2.45, 2.75) is 104 Å². The molecule has 2 aliphatic rings. The van der Waals surface area contributed by atoms with Crippen LogP contribution in [0, 0.1) is 5.92 Å². The average Bonchev–Trinajstić information content (AvgIpc) is 3.53. The van der Waals surface area contributed by atoms with E-state index in [-0.39, 0.29) is 17.9 Å². The van der Waals surface area contributed by atoms with Crippen LogP contribution in [0.15, 0.2) is 30.5 Å². The molecule has 10 heteroatoms. The molecule has 39 heavy (non-hydrogen) atoms. The number of carbonyl (C=O) groups excluding carboxylic acids is 2. The van der Waals surface area contributed by atoms with Gasteiger partial charge in [-0.3, -0.25) is 4.79 Å². The summed E-state index contributed by atoms with van der Waals surface area (Å²) < 4.78 is 17.7. The quantitative estimate of drug-likeness (QED) is 0.522. The van der Waals surface area contributed by atoms with Crippen LogP contribution in [-0.2, 0) is 18.8 Å². The normalized spacial score (nSPS) is 21.3. The molecule has 2 amide bonds. The van der Waals surface area contributed by atoms with Crippen molar-refractivity contribution in [3.8, 4) is 11.3 Å². The van der Waals surface area contributed by atoms with Crippen LogP contribution < -0.4 is 10.8 Å². The summed E-state index contributed by atoms with van der Waals surface area (Å²) in [7, 11) is -0.414. The SMILES string of the molecule is CC(C)[C@H](NC(=O)OC(C)(C)C)C(=O)N1CCCC1c1ncc(-c2ccc(B3OC(C)(C)C(C)(C)O3)cc2)[nH]1. The number of amides is 2. The molecule has 212 valence electrons. The van der Waals surface area contributed by atoms with Crippen molar-refractivity contribution in [3.05, 3.63) is 36.3 Å². The molecule has 0 aliphatic carbocycles. The van der Waals surface area contributed by atoms with E-state index in [9.17, 15) is 9.59 Å². The van der Waals surface area contributed by atoms with Gasteiger partial charge in [0.15, 0.2) is 0 Å². The van der Waals surface area contributed by atoms with E-state index in [1.165, 1.54) is 0 Å². The van der Waals surface area contributed by atoms with Gasteiger partial charge in [0.05, 0.1) is 29.1 Å². The van der Waals surface area contributed by atoms with Crippen molar-refractivity contribution < 1.29 is 23.6 Å². The van der Waals surface area contributed by atoms with Crippen molar-refractivity contribution in [1.29, 1.82) is 0 Å². The molecule has 2 saturated heterocycles. The molecule has 2 atom stereocenters. The third kappa shape index (κ3) is 6.33. The maximum Gasteiger partial charge on any atom is 0.494 e. The van der Waals surface area contributed by atoms with E-state index >= 15 is 0 Å². The molecule has 2 aliphatic heterocycles. The molecular weight excluding hydrogens is 495 g/mol. The standard InChI is InChI=1S/C29H43BN4O5/c1-18(2)23(33-26(36)37-27(3,4)5)25(35)34-16-10-11-22(34)24-31-17-21(32-24)19-12-14-20(15-13-19)30-38-28(6,7)29(8,9)39-30/h12-15,17-18,22-23H,10-11,16H2,1-9H3,(H,31,32)(H,33,36)/t22?,23-/m0/s1. The summed E-state index contributed by atoms with van der Waals surface area (Å²) in [4.78, 5) is 35.9. The van der Waals surface area contributed by atoms with Gasteiger partial charge in [0.25, 0.3) is 0 Å². The van der Waals surface area contributed by atoms with Crippen LogP contribution in [0.3, 0.4) is 0 Å². The number of H-pyrrole nitrogens is 1. The minimum atomic E-state index is -0.683. The van der Waals surface area contributed by atoms with Crippen molar-refractivity contribution in [1.82, 2.24) is 20.2 Å². The number of rotatable bonds is 6. The number of aromatic nitrogens is 2. The Labute approximate surface area is 232 Å². The first kappa shape index (κ1) is 29.1. The maximum atomic E-state index is 13.6. The monoisotopic (exact) mass is 538 g/mol. The summed E-state index contributed by atoms with van der Waals surface area (Å²) in [6.45, 7) is 18.0. The molecule has 0 saturated carbocycles. The first-order chi connectivity index (χ1) is 18.1. The molecular formula is C29H43BN4O5. The summed E-state index contributed by atoms with van der Waals surface area (Å²) >= 11 is 0. The van der Waals surface area contributed by atoms with Crippen molar-refractivity contribution in [2.24, 2.45) is 5.92 Å². The maximum absolute atomic E-state index is 13.6. The Morgan fingerprint density at radius 1 is 1.13 bits per heavy atom. The lowest BCUT2D eigenvalue weighted by Crippen LogP contribution is -2.52. The zero-order chi connectivity index (χ0) is 28.8. The van der Waals surface area contributed by atoms with Crippen molar-refractivity contribution in [3.63, 3.8) is 0 Å². The number of benzene rings is 1. The Balaban J connectivity index is 1.46.